The first-order chi connectivity index (χ1) is 7.10. The van der Waals surface area contributed by atoms with Crippen molar-refractivity contribution in [3.8, 4) is 11.5 Å². The first kappa shape index (κ1) is 11.2. The van der Waals surface area contributed by atoms with Crippen LogP contribution in [0, 0.1) is 0 Å². The second-order valence-corrected chi connectivity index (χ2v) is 2.83. The van der Waals surface area contributed by atoms with Gasteiger partial charge in [0.2, 0.25) is 0 Å². The Bertz CT molecular complexity index is 376. The van der Waals surface area contributed by atoms with Gasteiger partial charge in [-0.15, -0.1) is 0 Å². The normalized spacial score (nSPS) is 9.73. The summed E-state index contributed by atoms with van der Waals surface area (Å²) in [5.41, 5.74) is 5.73. The second-order valence-electron chi connectivity index (χ2n) is 2.83. The molecule has 1 aromatic rings. The fourth-order valence-corrected chi connectivity index (χ4v) is 1.19. The lowest BCUT2D eigenvalue weighted by atomic mass is 10.1. The largest absolute Gasteiger partial charge is 0.493 e. The third-order valence-corrected chi connectivity index (χ3v) is 1.87. The number of hydrogen-bond donors (Lipinski definition) is 2. The van der Waals surface area contributed by atoms with Gasteiger partial charge in [-0.1, -0.05) is 0 Å². The Hall–Kier alpha value is -1.91. The topological polar surface area (TPSA) is 81.8 Å². The molecule has 3 N–H and O–H groups in total. The average molecular weight is 211 g/mol. The highest BCUT2D eigenvalue weighted by Gasteiger charge is 2.14. The Labute approximate surface area is 87.4 Å². The Morgan fingerprint density at radius 2 is 2.13 bits per heavy atom. The van der Waals surface area contributed by atoms with Crippen LogP contribution in [0.2, 0.25) is 0 Å². The fraction of sp³-hybridized carbons (Fsp3) is 0.300. The number of methoxy groups -OCH3 is 1. The van der Waals surface area contributed by atoms with Gasteiger partial charge in [-0.2, -0.15) is 0 Å². The Balaban J connectivity index is 3.22. The van der Waals surface area contributed by atoms with Gasteiger partial charge in [-0.25, -0.2) is 4.79 Å². The molecular weight excluding hydrogens is 198 g/mol. The van der Waals surface area contributed by atoms with Gasteiger partial charge >= 0.3 is 5.97 Å². The highest BCUT2D eigenvalue weighted by Crippen LogP contribution is 2.32. The lowest BCUT2D eigenvalue weighted by Gasteiger charge is -2.11. The number of carboxylic acids is 1. The number of rotatable bonds is 4. The molecule has 5 heteroatoms. The number of ether oxygens (including phenoxy) is 2. The highest BCUT2D eigenvalue weighted by atomic mass is 16.5. The molecular formula is C10H13NO4. The van der Waals surface area contributed by atoms with Crippen molar-refractivity contribution in [2.45, 2.75) is 6.92 Å². The highest BCUT2D eigenvalue weighted by molar-refractivity contribution is 5.94. The van der Waals surface area contributed by atoms with E-state index in [0.717, 1.165) is 0 Å². The van der Waals surface area contributed by atoms with Gasteiger partial charge in [-0.3, -0.25) is 0 Å². The molecule has 0 aliphatic heterocycles. The van der Waals surface area contributed by atoms with Crippen molar-refractivity contribution >= 4 is 11.7 Å². The van der Waals surface area contributed by atoms with E-state index in [1.54, 1.807) is 0 Å². The molecule has 1 rings (SSSR count). The lowest BCUT2D eigenvalue weighted by Crippen LogP contribution is -2.05. The van der Waals surface area contributed by atoms with Crippen molar-refractivity contribution < 1.29 is 19.4 Å². The molecule has 1 aromatic carbocycles. The summed E-state index contributed by atoms with van der Waals surface area (Å²) in [6.45, 7) is 2.28. The first-order valence-corrected chi connectivity index (χ1v) is 4.43. The van der Waals surface area contributed by atoms with E-state index in [9.17, 15) is 4.79 Å². The minimum absolute atomic E-state index is 0.00954. The smallest absolute Gasteiger partial charge is 0.337 e. The summed E-state index contributed by atoms with van der Waals surface area (Å²) in [5.74, 6) is -0.278. The van der Waals surface area contributed by atoms with Crippen LogP contribution in [0.4, 0.5) is 5.69 Å². The summed E-state index contributed by atoms with van der Waals surface area (Å²) in [4.78, 5) is 10.8. The van der Waals surface area contributed by atoms with Gasteiger partial charge < -0.3 is 20.3 Å². The van der Waals surface area contributed by atoms with E-state index in [2.05, 4.69) is 0 Å². The number of hydrogen-bond acceptors (Lipinski definition) is 4. The molecule has 0 heterocycles. The Morgan fingerprint density at radius 1 is 1.47 bits per heavy atom. The molecule has 0 atom stereocenters. The molecule has 0 bridgehead atoms. The van der Waals surface area contributed by atoms with E-state index < -0.39 is 5.97 Å². The molecule has 0 amide bonds. The maximum atomic E-state index is 10.8. The van der Waals surface area contributed by atoms with Crippen LogP contribution in [-0.2, 0) is 0 Å². The van der Waals surface area contributed by atoms with Crippen molar-refractivity contribution in [3.05, 3.63) is 17.7 Å². The van der Waals surface area contributed by atoms with Crippen LogP contribution in [0.15, 0.2) is 12.1 Å². The molecule has 5 nitrogen and oxygen atoms in total. The van der Waals surface area contributed by atoms with Crippen molar-refractivity contribution in [2.75, 3.05) is 19.5 Å². The van der Waals surface area contributed by atoms with E-state index >= 15 is 0 Å². The lowest BCUT2D eigenvalue weighted by molar-refractivity contribution is 0.0697. The third-order valence-electron chi connectivity index (χ3n) is 1.87. The molecule has 0 unspecified atom stereocenters. The maximum Gasteiger partial charge on any atom is 0.337 e. The summed E-state index contributed by atoms with van der Waals surface area (Å²) < 4.78 is 10.2. The van der Waals surface area contributed by atoms with E-state index in [-0.39, 0.29) is 11.3 Å². The zero-order chi connectivity index (χ0) is 11.4. The van der Waals surface area contributed by atoms with E-state index in [1.807, 2.05) is 6.92 Å². The SMILES string of the molecule is CCOc1cc(N)c(C(=O)O)cc1OC. The van der Waals surface area contributed by atoms with Gasteiger partial charge in [-0.05, 0) is 6.92 Å². The van der Waals surface area contributed by atoms with Gasteiger partial charge in [0.15, 0.2) is 11.5 Å². The summed E-state index contributed by atoms with van der Waals surface area (Å²) in [7, 11) is 1.44. The number of carbonyl (C=O) groups is 1. The molecule has 0 spiro atoms. The molecule has 0 fully saturated rings. The van der Waals surface area contributed by atoms with Crippen molar-refractivity contribution in [3.63, 3.8) is 0 Å². The number of nitrogens with two attached hydrogens (primary N) is 1. The first-order valence-electron chi connectivity index (χ1n) is 4.43. The molecule has 15 heavy (non-hydrogen) atoms. The number of benzene rings is 1. The van der Waals surface area contributed by atoms with Crippen molar-refractivity contribution in [1.29, 1.82) is 0 Å². The Morgan fingerprint density at radius 3 is 2.60 bits per heavy atom. The zero-order valence-electron chi connectivity index (χ0n) is 8.61. The van der Waals surface area contributed by atoms with Crippen molar-refractivity contribution in [1.82, 2.24) is 0 Å². The van der Waals surface area contributed by atoms with Crippen LogP contribution in [0.1, 0.15) is 17.3 Å². The summed E-state index contributed by atoms with van der Waals surface area (Å²) in [6.07, 6.45) is 0. The minimum atomic E-state index is -1.09. The number of anilines is 1. The predicted molar refractivity (Wildman–Crippen MR) is 55.5 cm³/mol. The van der Waals surface area contributed by atoms with E-state index in [4.69, 9.17) is 20.3 Å². The quantitative estimate of drug-likeness (QED) is 0.735. The van der Waals surface area contributed by atoms with E-state index in [1.165, 1.54) is 19.2 Å². The van der Waals surface area contributed by atoms with Gasteiger partial charge in [0.05, 0.1) is 25.0 Å². The standard InChI is InChI=1S/C10H13NO4/c1-3-15-9-5-7(11)6(10(12)13)4-8(9)14-2/h4-5H,3,11H2,1-2H3,(H,12,13). The number of aromatic carboxylic acids is 1. The molecule has 0 saturated carbocycles. The van der Waals surface area contributed by atoms with Crippen LogP contribution in [0.5, 0.6) is 11.5 Å². The van der Waals surface area contributed by atoms with Crippen LogP contribution >= 0.6 is 0 Å². The molecule has 82 valence electrons. The number of nitrogen functional groups attached to an aromatic ring is 1. The molecule has 0 saturated heterocycles. The van der Waals surface area contributed by atoms with Crippen LogP contribution in [-0.4, -0.2) is 24.8 Å². The van der Waals surface area contributed by atoms with Crippen LogP contribution < -0.4 is 15.2 Å². The molecule has 0 aromatic heterocycles. The molecule has 0 aliphatic carbocycles. The summed E-state index contributed by atoms with van der Waals surface area (Å²) >= 11 is 0. The fourth-order valence-electron chi connectivity index (χ4n) is 1.19. The van der Waals surface area contributed by atoms with Gasteiger partial charge in [0.25, 0.3) is 0 Å². The second kappa shape index (κ2) is 4.54. The van der Waals surface area contributed by atoms with Gasteiger partial charge in [0, 0.05) is 12.1 Å². The van der Waals surface area contributed by atoms with Crippen molar-refractivity contribution in [2.24, 2.45) is 0 Å². The maximum absolute atomic E-state index is 10.8. The van der Waals surface area contributed by atoms with Crippen LogP contribution in [0.25, 0.3) is 0 Å². The predicted octanol–water partition coefficient (Wildman–Crippen LogP) is 1.37. The average Bonchev–Trinajstić information content (AvgIpc) is 2.18. The molecule has 0 radical (unpaired) electrons. The van der Waals surface area contributed by atoms with E-state index in [0.29, 0.717) is 18.1 Å². The summed E-state index contributed by atoms with van der Waals surface area (Å²) in [6, 6.07) is 2.80. The summed E-state index contributed by atoms with van der Waals surface area (Å²) in [5, 5.41) is 8.83. The number of carboxylic acid groups (broad SMARTS) is 1. The monoisotopic (exact) mass is 211 g/mol. The minimum Gasteiger partial charge on any atom is -0.493 e. The third kappa shape index (κ3) is 2.31. The molecule has 0 aliphatic rings. The Kier molecular flexibility index (Phi) is 3.38. The van der Waals surface area contributed by atoms with Gasteiger partial charge in [0.1, 0.15) is 0 Å². The van der Waals surface area contributed by atoms with Crippen LogP contribution in [0.3, 0.4) is 0 Å². The zero-order valence-corrected chi connectivity index (χ0v) is 8.61.